The smallest absolute Gasteiger partial charge is 0.252 e. The van der Waals surface area contributed by atoms with Crippen molar-refractivity contribution in [3.63, 3.8) is 0 Å². The van der Waals surface area contributed by atoms with E-state index in [9.17, 15) is 8.78 Å². The number of alkyl halides is 2. The van der Waals surface area contributed by atoms with Crippen LogP contribution in [0.3, 0.4) is 0 Å². The number of benzene rings is 1. The average Bonchev–Trinajstić information content (AvgIpc) is 2.83. The molecule has 1 aromatic carbocycles. The highest BCUT2D eigenvalue weighted by Gasteiger charge is 2.56. The van der Waals surface area contributed by atoms with Crippen LogP contribution >= 0.6 is 0 Å². The lowest BCUT2D eigenvalue weighted by atomic mass is 10.3. The first-order valence-electron chi connectivity index (χ1n) is 6.20. The fourth-order valence-electron chi connectivity index (χ4n) is 2.03. The summed E-state index contributed by atoms with van der Waals surface area (Å²) in [6.45, 7) is 0.746. The Morgan fingerprint density at radius 1 is 1.32 bits per heavy atom. The molecule has 1 aromatic heterocycles. The number of hydrogen-bond acceptors (Lipinski definition) is 3. The minimum Gasteiger partial charge on any atom is -0.309 e. The lowest BCUT2D eigenvalue weighted by Gasteiger charge is -2.07. The van der Waals surface area contributed by atoms with Crippen LogP contribution < -0.4 is 5.32 Å². The third-order valence-electron chi connectivity index (χ3n) is 3.28. The van der Waals surface area contributed by atoms with Crippen LogP contribution in [0, 0.1) is 5.92 Å². The van der Waals surface area contributed by atoms with Gasteiger partial charge in [-0.05, 0) is 12.1 Å². The highest BCUT2D eigenvalue weighted by Crippen LogP contribution is 2.47. The second-order valence-electron chi connectivity index (χ2n) is 4.75. The van der Waals surface area contributed by atoms with Gasteiger partial charge in [-0.2, -0.15) is 0 Å². The number of hydrogen-bond donors (Lipinski definition) is 1. The van der Waals surface area contributed by atoms with Crippen molar-refractivity contribution in [2.45, 2.75) is 18.9 Å². The summed E-state index contributed by atoms with van der Waals surface area (Å²) in [4.78, 5) is 0. The van der Waals surface area contributed by atoms with Crippen LogP contribution in [0.25, 0.3) is 5.69 Å². The Hall–Kier alpha value is -1.82. The maximum Gasteiger partial charge on any atom is 0.252 e. The van der Waals surface area contributed by atoms with Gasteiger partial charge in [-0.3, -0.25) is 4.57 Å². The first-order chi connectivity index (χ1) is 9.17. The van der Waals surface area contributed by atoms with E-state index in [0.29, 0.717) is 13.1 Å². The third kappa shape index (κ3) is 2.63. The topological polar surface area (TPSA) is 42.7 Å². The third-order valence-corrected chi connectivity index (χ3v) is 3.28. The molecule has 0 saturated heterocycles. The van der Waals surface area contributed by atoms with Crippen molar-refractivity contribution in [1.82, 2.24) is 20.1 Å². The summed E-state index contributed by atoms with van der Waals surface area (Å²) in [5.41, 5.74) is 0.959. The van der Waals surface area contributed by atoms with Gasteiger partial charge in [0.2, 0.25) is 0 Å². The van der Waals surface area contributed by atoms with Crippen LogP contribution in [0.4, 0.5) is 8.78 Å². The van der Waals surface area contributed by atoms with Gasteiger partial charge in [-0.1, -0.05) is 18.2 Å². The SMILES string of the molecule is FC1(F)CC1CNCc1nncn1-c1ccccc1. The number of nitrogens with zero attached hydrogens (tertiary/aromatic N) is 3. The van der Waals surface area contributed by atoms with E-state index in [1.165, 1.54) is 0 Å². The quantitative estimate of drug-likeness (QED) is 0.898. The van der Waals surface area contributed by atoms with Crippen LogP contribution in [0.5, 0.6) is 0 Å². The van der Waals surface area contributed by atoms with E-state index < -0.39 is 11.8 Å². The molecule has 2 aromatic rings. The van der Waals surface area contributed by atoms with E-state index >= 15 is 0 Å². The zero-order chi connectivity index (χ0) is 13.3. The lowest BCUT2D eigenvalue weighted by Crippen LogP contribution is -2.20. The normalized spacial score (nSPS) is 20.4. The molecule has 1 aliphatic rings. The largest absolute Gasteiger partial charge is 0.309 e. The number of aromatic nitrogens is 3. The molecule has 3 rings (SSSR count). The zero-order valence-corrected chi connectivity index (χ0v) is 10.3. The first-order valence-corrected chi connectivity index (χ1v) is 6.20. The van der Waals surface area contributed by atoms with Gasteiger partial charge in [0.15, 0.2) is 5.82 Å². The molecule has 1 aliphatic carbocycles. The van der Waals surface area contributed by atoms with E-state index in [1.807, 2.05) is 34.9 Å². The first kappa shape index (κ1) is 12.2. The van der Waals surface area contributed by atoms with Gasteiger partial charge in [0.25, 0.3) is 5.92 Å². The zero-order valence-electron chi connectivity index (χ0n) is 10.3. The predicted molar refractivity (Wildman–Crippen MR) is 66.1 cm³/mol. The van der Waals surface area contributed by atoms with E-state index in [0.717, 1.165) is 11.5 Å². The molecule has 1 atom stereocenters. The van der Waals surface area contributed by atoms with Crippen molar-refractivity contribution in [3.8, 4) is 5.69 Å². The number of halogens is 2. The van der Waals surface area contributed by atoms with Crippen molar-refractivity contribution in [2.75, 3.05) is 6.54 Å². The van der Waals surface area contributed by atoms with E-state index in [-0.39, 0.29) is 6.42 Å². The Kier molecular flexibility index (Phi) is 3.02. The maximum absolute atomic E-state index is 12.7. The van der Waals surface area contributed by atoms with E-state index in [2.05, 4.69) is 15.5 Å². The summed E-state index contributed by atoms with van der Waals surface area (Å²) in [7, 11) is 0. The standard InChI is InChI=1S/C13H14F2N4/c14-13(15)6-10(13)7-16-8-12-18-17-9-19(12)11-4-2-1-3-5-11/h1-5,9-10,16H,6-8H2. The second kappa shape index (κ2) is 4.70. The Labute approximate surface area is 109 Å². The van der Waals surface area contributed by atoms with Gasteiger partial charge in [0.1, 0.15) is 6.33 Å². The Morgan fingerprint density at radius 2 is 2.05 bits per heavy atom. The van der Waals surface area contributed by atoms with Gasteiger partial charge in [0, 0.05) is 24.6 Å². The van der Waals surface area contributed by atoms with Crippen molar-refractivity contribution >= 4 is 0 Å². The minimum atomic E-state index is -2.47. The Balaban J connectivity index is 1.62. The monoisotopic (exact) mass is 264 g/mol. The van der Waals surface area contributed by atoms with Gasteiger partial charge in [0.05, 0.1) is 6.54 Å². The summed E-state index contributed by atoms with van der Waals surface area (Å²) in [6, 6.07) is 9.68. The molecule has 0 amide bonds. The average molecular weight is 264 g/mol. The van der Waals surface area contributed by atoms with Gasteiger partial charge in [-0.25, -0.2) is 8.78 Å². The molecular formula is C13H14F2N4. The molecule has 0 radical (unpaired) electrons. The minimum absolute atomic E-state index is 0.00856. The molecule has 4 nitrogen and oxygen atoms in total. The molecule has 100 valence electrons. The van der Waals surface area contributed by atoms with Crippen molar-refractivity contribution < 1.29 is 8.78 Å². The molecule has 1 unspecified atom stereocenters. The van der Waals surface area contributed by atoms with Gasteiger partial charge in [-0.15, -0.1) is 10.2 Å². The predicted octanol–water partition coefficient (Wildman–Crippen LogP) is 2.01. The molecule has 1 saturated carbocycles. The Bertz CT molecular complexity index is 553. The maximum atomic E-state index is 12.7. The highest BCUT2D eigenvalue weighted by atomic mass is 19.3. The molecule has 1 N–H and O–H groups in total. The van der Waals surface area contributed by atoms with Crippen LogP contribution in [-0.2, 0) is 6.54 Å². The number of para-hydroxylation sites is 1. The summed E-state index contributed by atoms with van der Waals surface area (Å²) in [5.74, 6) is -2.28. The lowest BCUT2D eigenvalue weighted by molar-refractivity contribution is 0.0985. The van der Waals surface area contributed by atoms with Crippen molar-refractivity contribution in [3.05, 3.63) is 42.5 Å². The molecule has 1 heterocycles. The van der Waals surface area contributed by atoms with E-state index in [1.54, 1.807) is 6.33 Å². The number of nitrogens with one attached hydrogen (secondary N) is 1. The van der Waals surface area contributed by atoms with E-state index in [4.69, 9.17) is 0 Å². The van der Waals surface area contributed by atoms with Crippen molar-refractivity contribution in [2.24, 2.45) is 5.92 Å². The van der Waals surface area contributed by atoms with Crippen LogP contribution in [0.15, 0.2) is 36.7 Å². The van der Waals surface area contributed by atoms with Crippen molar-refractivity contribution in [1.29, 1.82) is 0 Å². The highest BCUT2D eigenvalue weighted by molar-refractivity contribution is 5.31. The molecule has 0 aliphatic heterocycles. The summed E-state index contributed by atoms with van der Waals surface area (Å²) in [6.07, 6.45) is 1.61. The summed E-state index contributed by atoms with van der Waals surface area (Å²) in [5, 5.41) is 10.9. The second-order valence-corrected chi connectivity index (χ2v) is 4.75. The van der Waals surface area contributed by atoms with Gasteiger partial charge >= 0.3 is 0 Å². The fraction of sp³-hybridized carbons (Fsp3) is 0.385. The number of rotatable bonds is 5. The summed E-state index contributed by atoms with van der Waals surface area (Å²) < 4.78 is 27.3. The molecule has 19 heavy (non-hydrogen) atoms. The molecule has 6 heteroatoms. The molecule has 0 spiro atoms. The molecule has 0 bridgehead atoms. The van der Waals surface area contributed by atoms with Crippen LogP contribution in [-0.4, -0.2) is 27.2 Å². The van der Waals surface area contributed by atoms with Crippen LogP contribution in [0.1, 0.15) is 12.2 Å². The Morgan fingerprint density at radius 3 is 2.74 bits per heavy atom. The molecular weight excluding hydrogens is 250 g/mol. The fourth-order valence-corrected chi connectivity index (χ4v) is 2.03. The molecule has 1 fully saturated rings. The summed E-state index contributed by atoms with van der Waals surface area (Å²) >= 11 is 0. The van der Waals surface area contributed by atoms with Gasteiger partial charge < -0.3 is 5.32 Å². The van der Waals surface area contributed by atoms with Crippen LogP contribution in [0.2, 0.25) is 0 Å².